The van der Waals surface area contributed by atoms with E-state index in [4.69, 9.17) is 4.74 Å². The smallest absolute Gasteiger partial charge is 0.227 e. The summed E-state index contributed by atoms with van der Waals surface area (Å²) in [5.41, 5.74) is 0.663. The van der Waals surface area contributed by atoms with Gasteiger partial charge in [-0.25, -0.2) is 4.39 Å². The number of halogens is 1. The van der Waals surface area contributed by atoms with Gasteiger partial charge in [0.25, 0.3) is 0 Å². The van der Waals surface area contributed by atoms with Crippen LogP contribution in [0.5, 0.6) is 5.75 Å². The Kier molecular flexibility index (Phi) is 7.52. The average Bonchev–Trinajstić information content (AvgIpc) is 2.75. The Hall–Kier alpha value is -2.54. The van der Waals surface area contributed by atoms with Gasteiger partial charge in [-0.3, -0.25) is 9.59 Å². The maximum atomic E-state index is 12.9. The summed E-state index contributed by atoms with van der Waals surface area (Å²) >= 11 is 1.54. The fraction of sp³-hybridized carbons (Fsp3) is 0.364. The Morgan fingerprint density at radius 1 is 1.14 bits per heavy atom. The fourth-order valence-corrected chi connectivity index (χ4v) is 4.16. The number of benzene rings is 2. The zero-order valence-corrected chi connectivity index (χ0v) is 17.2. The Labute approximate surface area is 174 Å². The molecule has 29 heavy (non-hydrogen) atoms. The summed E-state index contributed by atoms with van der Waals surface area (Å²) in [5.74, 6) is 0.975. The van der Waals surface area contributed by atoms with Crippen molar-refractivity contribution in [2.75, 3.05) is 31.3 Å². The van der Waals surface area contributed by atoms with Gasteiger partial charge in [0, 0.05) is 36.1 Å². The number of thioether (sulfide) groups is 1. The van der Waals surface area contributed by atoms with Crippen LogP contribution in [0.2, 0.25) is 0 Å². The van der Waals surface area contributed by atoms with E-state index in [1.807, 2.05) is 23.1 Å². The number of piperidine rings is 1. The number of nitrogens with one attached hydrogen (secondary N) is 1. The summed E-state index contributed by atoms with van der Waals surface area (Å²) < 4.78 is 18.2. The lowest BCUT2D eigenvalue weighted by atomic mass is 9.95. The van der Waals surface area contributed by atoms with Crippen LogP contribution in [0.25, 0.3) is 0 Å². The zero-order valence-electron chi connectivity index (χ0n) is 16.4. The minimum absolute atomic E-state index is 0.0338. The molecule has 2 aromatic carbocycles. The van der Waals surface area contributed by atoms with E-state index in [-0.39, 0.29) is 23.5 Å². The first kappa shape index (κ1) is 21.2. The Bertz CT molecular complexity index is 836. The van der Waals surface area contributed by atoms with E-state index in [0.29, 0.717) is 49.5 Å². The molecule has 0 atom stereocenters. The minimum atomic E-state index is -0.261. The lowest BCUT2D eigenvalue weighted by molar-refractivity contribution is -0.134. The van der Waals surface area contributed by atoms with Gasteiger partial charge in [-0.05, 0) is 49.2 Å². The molecular weight excluding hydrogens is 391 g/mol. The molecule has 1 aliphatic rings. The summed E-state index contributed by atoms with van der Waals surface area (Å²) in [5, 5.41) is 2.93. The highest BCUT2D eigenvalue weighted by Crippen LogP contribution is 2.26. The second-order valence-electron chi connectivity index (χ2n) is 6.90. The molecule has 1 aliphatic heterocycles. The first-order valence-electron chi connectivity index (χ1n) is 9.67. The van der Waals surface area contributed by atoms with E-state index in [1.165, 1.54) is 12.1 Å². The van der Waals surface area contributed by atoms with Crippen LogP contribution in [0.3, 0.4) is 0 Å². The Balaban J connectivity index is 1.41. The van der Waals surface area contributed by atoms with Crippen molar-refractivity contribution in [2.24, 2.45) is 5.92 Å². The van der Waals surface area contributed by atoms with Crippen LogP contribution < -0.4 is 10.1 Å². The number of hydrogen-bond donors (Lipinski definition) is 1. The van der Waals surface area contributed by atoms with Crippen LogP contribution in [0.4, 0.5) is 10.1 Å². The van der Waals surface area contributed by atoms with E-state index >= 15 is 0 Å². The van der Waals surface area contributed by atoms with E-state index in [2.05, 4.69) is 5.32 Å². The van der Waals surface area contributed by atoms with Crippen LogP contribution in [0, 0.1) is 11.7 Å². The predicted octanol–water partition coefficient (Wildman–Crippen LogP) is 4.19. The zero-order chi connectivity index (χ0) is 20.6. The molecule has 2 aromatic rings. The third-order valence-corrected chi connectivity index (χ3v) is 6.00. The second-order valence-corrected chi connectivity index (χ2v) is 8.07. The summed E-state index contributed by atoms with van der Waals surface area (Å²) in [7, 11) is 1.57. The summed E-state index contributed by atoms with van der Waals surface area (Å²) in [6.07, 6.45) is 1.73. The molecule has 0 aromatic heterocycles. The number of nitrogens with zero attached hydrogens (tertiary/aromatic N) is 1. The molecule has 0 aliphatic carbocycles. The van der Waals surface area contributed by atoms with Crippen LogP contribution in [0.1, 0.15) is 19.3 Å². The van der Waals surface area contributed by atoms with Gasteiger partial charge in [-0.15, -0.1) is 11.8 Å². The number of carbonyl (C=O) groups is 2. The predicted molar refractivity (Wildman–Crippen MR) is 113 cm³/mol. The van der Waals surface area contributed by atoms with Gasteiger partial charge in [0.05, 0.1) is 12.8 Å². The highest BCUT2D eigenvalue weighted by Gasteiger charge is 2.27. The monoisotopic (exact) mass is 416 g/mol. The normalized spacial score (nSPS) is 14.5. The molecular formula is C22H25FN2O3S. The van der Waals surface area contributed by atoms with E-state index in [0.717, 1.165) is 4.90 Å². The molecule has 3 rings (SSSR count). The number of methoxy groups -OCH3 is 1. The van der Waals surface area contributed by atoms with Gasteiger partial charge in [0.1, 0.15) is 11.6 Å². The van der Waals surface area contributed by atoms with Crippen molar-refractivity contribution in [3.8, 4) is 5.75 Å². The van der Waals surface area contributed by atoms with Gasteiger partial charge >= 0.3 is 0 Å². The molecule has 0 bridgehead atoms. The fourth-order valence-electron chi connectivity index (χ4n) is 3.32. The molecule has 1 N–H and O–H groups in total. The summed E-state index contributed by atoms with van der Waals surface area (Å²) in [4.78, 5) is 27.8. The molecule has 0 unspecified atom stereocenters. The number of para-hydroxylation sites is 2. The number of amides is 2. The molecule has 1 saturated heterocycles. The molecule has 1 fully saturated rings. The maximum absolute atomic E-state index is 12.9. The van der Waals surface area contributed by atoms with Crippen LogP contribution in [-0.4, -0.2) is 42.7 Å². The lowest BCUT2D eigenvalue weighted by Gasteiger charge is -2.31. The largest absolute Gasteiger partial charge is 0.495 e. The summed E-state index contributed by atoms with van der Waals surface area (Å²) in [6.45, 7) is 1.17. The highest BCUT2D eigenvalue weighted by atomic mass is 32.2. The molecule has 0 radical (unpaired) electrons. The molecule has 2 amide bonds. The van der Waals surface area contributed by atoms with Gasteiger partial charge in [0.2, 0.25) is 11.8 Å². The van der Waals surface area contributed by atoms with Gasteiger partial charge in [0.15, 0.2) is 0 Å². The molecule has 1 heterocycles. The number of carbonyl (C=O) groups excluding carboxylic acids is 2. The van der Waals surface area contributed by atoms with Crippen molar-refractivity contribution in [3.63, 3.8) is 0 Å². The van der Waals surface area contributed by atoms with Crippen LogP contribution >= 0.6 is 11.8 Å². The maximum Gasteiger partial charge on any atom is 0.227 e. The van der Waals surface area contributed by atoms with Crippen molar-refractivity contribution in [1.29, 1.82) is 0 Å². The third kappa shape index (κ3) is 5.97. The van der Waals surface area contributed by atoms with Crippen molar-refractivity contribution >= 4 is 29.3 Å². The van der Waals surface area contributed by atoms with Gasteiger partial charge in [-0.1, -0.05) is 12.1 Å². The highest BCUT2D eigenvalue weighted by molar-refractivity contribution is 7.99. The van der Waals surface area contributed by atoms with Gasteiger partial charge < -0.3 is 15.0 Å². The van der Waals surface area contributed by atoms with E-state index in [9.17, 15) is 14.0 Å². The van der Waals surface area contributed by atoms with Crippen molar-refractivity contribution in [1.82, 2.24) is 4.90 Å². The third-order valence-electron chi connectivity index (χ3n) is 4.98. The number of hydrogen-bond acceptors (Lipinski definition) is 4. The molecule has 5 nitrogen and oxygen atoms in total. The Morgan fingerprint density at radius 3 is 2.52 bits per heavy atom. The number of anilines is 1. The lowest BCUT2D eigenvalue weighted by Crippen LogP contribution is -2.41. The first-order valence-corrected chi connectivity index (χ1v) is 10.7. The van der Waals surface area contributed by atoms with Crippen molar-refractivity contribution in [2.45, 2.75) is 24.2 Å². The first-order chi connectivity index (χ1) is 14.1. The molecule has 7 heteroatoms. The van der Waals surface area contributed by atoms with Crippen molar-refractivity contribution in [3.05, 3.63) is 54.3 Å². The van der Waals surface area contributed by atoms with Crippen LogP contribution in [-0.2, 0) is 9.59 Å². The molecule has 0 saturated carbocycles. The quantitative estimate of drug-likeness (QED) is 0.688. The summed E-state index contributed by atoms with van der Waals surface area (Å²) in [6, 6.07) is 13.6. The number of likely N-dealkylation sites (tertiary alicyclic amines) is 1. The molecule has 0 spiro atoms. The Morgan fingerprint density at radius 2 is 1.83 bits per heavy atom. The topological polar surface area (TPSA) is 58.6 Å². The number of rotatable bonds is 7. The van der Waals surface area contributed by atoms with Crippen LogP contribution in [0.15, 0.2) is 53.4 Å². The SMILES string of the molecule is COc1ccccc1NC(=O)C1CCN(C(=O)CCSc2ccc(F)cc2)CC1. The van der Waals surface area contributed by atoms with E-state index in [1.54, 1.807) is 37.1 Å². The average molecular weight is 417 g/mol. The number of ether oxygens (including phenoxy) is 1. The van der Waals surface area contributed by atoms with Crippen molar-refractivity contribution < 1.29 is 18.7 Å². The van der Waals surface area contributed by atoms with E-state index < -0.39 is 0 Å². The minimum Gasteiger partial charge on any atom is -0.495 e. The molecule has 154 valence electrons. The second kappa shape index (κ2) is 10.3. The van der Waals surface area contributed by atoms with Gasteiger partial charge in [-0.2, -0.15) is 0 Å². The standard InChI is InChI=1S/C22H25FN2O3S/c1-28-20-5-3-2-4-19(20)24-22(27)16-10-13-25(14-11-16)21(26)12-15-29-18-8-6-17(23)7-9-18/h2-9,16H,10-15H2,1H3,(H,24,27).